The average Bonchev–Trinajstić information content (AvgIpc) is 2.42. The van der Waals surface area contributed by atoms with E-state index in [2.05, 4.69) is 6.58 Å². The summed E-state index contributed by atoms with van der Waals surface area (Å²) in [5.74, 6) is -0.576. The van der Waals surface area contributed by atoms with E-state index in [4.69, 9.17) is 0 Å². The van der Waals surface area contributed by atoms with E-state index in [0.29, 0.717) is 0 Å². The Balaban J connectivity index is 2.91. The number of aromatic hydroxyl groups is 2. The van der Waals surface area contributed by atoms with Crippen LogP contribution in [-0.2, 0) is 9.72 Å². The fourth-order valence-corrected chi connectivity index (χ4v) is 3.63. The Morgan fingerprint density at radius 2 is 1.29 bits per heavy atom. The van der Waals surface area contributed by atoms with Gasteiger partial charge in [0.25, 0.3) is 0 Å². The average molecular weight is 306 g/mol. The second kappa shape index (κ2) is 5.37. The highest BCUT2D eigenvalue weighted by molar-refractivity contribution is 7.53. The van der Waals surface area contributed by atoms with Gasteiger partial charge in [0.15, 0.2) is 0 Å². The summed E-state index contributed by atoms with van der Waals surface area (Å²) < 4.78 is 12.2. The molecule has 0 bridgehead atoms. The molecule has 0 heterocycles. The smallest absolute Gasteiger partial charge is 0.344 e. The summed E-state index contributed by atoms with van der Waals surface area (Å²) >= 11 is 0. The van der Waals surface area contributed by atoms with Crippen molar-refractivity contribution in [2.75, 3.05) is 0 Å². The molecule has 0 spiro atoms. The van der Waals surface area contributed by atoms with Crippen molar-refractivity contribution in [1.82, 2.24) is 0 Å². The molecule has 0 aliphatic carbocycles. The Labute approximate surface area is 122 Å². The van der Waals surface area contributed by atoms with E-state index in [9.17, 15) is 24.6 Å². The van der Waals surface area contributed by atoms with Gasteiger partial charge in [-0.3, -0.25) is 4.57 Å². The second-order valence-electron chi connectivity index (χ2n) is 4.55. The summed E-state index contributed by atoms with van der Waals surface area (Å²) in [5.41, 5.74) is -0.0373. The lowest BCUT2D eigenvalue weighted by atomic mass is 9.89. The van der Waals surface area contributed by atoms with Crippen molar-refractivity contribution < 1.29 is 24.6 Å². The number of hydrogen-bond acceptors (Lipinski definition) is 3. The first-order valence-electron chi connectivity index (χ1n) is 6.11. The lowest BCUT2D eigenvalue weighted by Gasteiger charge is -2.33. The Bertz CT molecular complexity index is 674. The van der Waals surface area contributed by atoms with Gasteiger partial charge in [0.1, 0.15) is 16.7 Å². The molecule has 0 fully saturated rings. The predicted octanol–water partition coefficient (Wildman–Crippen LogP) is 2.71. The van der Waals surface area contributed by atoms with Crippen LogP contribution in [0.3, 0.4) is 0 Å². The molecule has 0 aliphatic rings. The molecule has 0 aromatic heterocycles. The van der Waals surface area contributed by atoms with Crippen molar-refractivity contribution in [1.29, 1.82) is 0 Å². The highest BCUT2D eigenvalue weighted by atomic mass is 31.2. The van der Waals surface area contributed by atoms with E-state index in [1.807, 2.05) is 0 Å². The molecule has 110 valence electrons. The predicted molar refractivity (Wildman–Crippen MR) is 79.2 cm³/mol. The molecule has 0 amide bonds. The van der Waals surface area contributed by atoms with Crippen molar-refractivity contribution in [3.63, 3.8) is 0 Å². The summed E-state index contributed by atoms with van der Waals surface area (Å²) in [7, 11) is -4.84. The van der Waals surface area contributed by atoms with Crippen molar-refractivity contribution in [2.45, 2.75) is 5.16 Å². The summed E-state index contributed by atoms with van der Waals surface area (Å²) in [4.78, 5) is 19.8. The molecule has 0 saturated heterocycles. The number of rotatable bonds is 4. The standard InChI is InChI=1S/C15H15O5P/c1-2-15(21(18,19)20,11-7-3-5-9-13(11)16)12-8-4-6-10-14(12)17/h2-10,16-17H,1H2,(H2,18,19,20). The van der Waals surface area contributed by atoms with E-state index in [1.165, 1.54) is 36.4 Å². The van der Waals surface area contributed by atoms with Crippen LogP contribution in [0.25, 0.3) is 0 Å². The summed E-state index contributed by atoms with van der Waals surface area (Å²) in [5, 5.41) is 18.0. The second-order valence-corrected chi connectivity index (χ2v) is 6.34. The molecule has 4 N–H and O–H groups in total. The number of allylic oxidation sites excluding steroid dienone is 1. The Morgan fingerprint density at radius 3 is 1.57 bits per heavy atom. The third-order valence-electron chi connectivity index (χ3n) is 3.38. The molecule has 2 aromatic carbocycles. The minimum atomic E-state index is -4.84. The van der Waals surface area contributed by atoms with Crippen LogP contribution >= 0.6 is 7.60 Å². The van der Waals surface area contributed by atoms with Gasteiger partial charge in [-0.1, -0.05) is 42.5 Å². The quantitative estimate of drug-likeness (QED) is 0.514. The minimum Gasteiger partial charge on any atom is -0.508 e. The molecule has 0 radical (unpaired) electrons. The molecular weight excluding hydrogens is 291 g/mol. The first-order valence-corrected chi connectivity index (χ1v) is 7.72. The molecule has 0 aliphatic heterocycles. The molecule has 6 heteroatoms. The van der Waals surface area contributed by atoms with E-state index < -0.39 is 12.8 Å². The molecule has 5 nitrogen and oxygen atoms in total. The van der Waals surface area contributed by atoms with Gasteiger partial charge in [0.2, 0.25) is 0 Å². The van der Waals surface area contributed by atoms with E-state index >= 15 is 0 Å². The molecular formula is C15H15O5P. The van der Waals surface area contributed by atoms with E-state index in [1.54, 1.807) is 12.1 Å². The van der Waals surface area contributed by atoms with Crippen molar-refractivity contribution in [3.8, 4) is 11.5 Å². The zero-order valence-corrected chi connectivity index (χ0v) is 11.9. The third-order valence-corrected chi connectivity index (χ3v) is 4.97. The zero-order valence-electron chi connectivity index (χ0n) is 11.0. The largest absolute Gasteiger partial charge is 0.508 e. The summed E-state index contributed by atoms with van der Waals surface area (Å²) in [6.07, 6.45) is 1.05. The molecule has 2 rings (SSSR count). The van der Waals surface area contributed by atoms with Crippen LogP contribution in [0.15, 0.2) is 61.2 Å². The van der Waals surface area contributed by atoms with Crippen LogP contribution in [0.2, 0.25) is 0 Å². The fraction of sp³-hybridized carbons (Fsp3) is 0.0667. The van der Waals surface area contributed by atoms with Gasteiger partial charge in [-0.25, -0.2) is 0 Å². The lowest BCUT2D eigenvalue weighted by molar-refractivity contribution is 0.345. The van der Waals surface area contributed by atoms with Crippen LogP contribution in [0.1, 0.15) is 11.1 Å². The normalized spacial score (nSPS) is 12.1. The maximum absolute atomic E-state index is 12.2. The molecule has 2 aromatic rings. The Kier molecular flexibility index (Phi) is 3.92. The van der Waals surface area contributed by atoms with Gasteiger partial charge < -0.3 is 20.0 Å². The van der Waals surface area contributed by atoms with Gasteiger partial charge in [-0.2, -0.15) is 0 Å². The topological polar surface area (TPSA) is 98.0 Å². The summed E-state index contributed by atoms with van der Waals surface area (Å²) in [6, 6.07) is 11.6. The number of phenols is 2. The van der Waals surface area contributed by atoms with Gasteiger partial charge in [-0.15, -0.1) is 6.58 Å². The molecule has 21 heavy (non-hydrogen) atoms. The molecule has 0 atom stereocenters. The first kappa shape index (κ1) is 15.3. The van der Waals surface area contributed by atoms with Gasteiger partial charge in [0.05, 0.1) is 0 Å². The monoisotopic (exact) mass is 306 g/mol. The highest BCUT2D eigenvalue weighted by Gasteiger charge is 2.50. The molecule has 0 unspecified atom stereocenters. The van der Waals surface area contributed by atoms with E-state index in [0.717, 1.165) is 6.08 Å². The molecule has 0 saturated carbocycles. The Hall–Kier alpha value is -2.07. The number of para-hydroxylation sites is 2. The first-order chi connectivity index (χ1) is 9.84. The van der Waals surface area contributed by atoms with Gasteiger partial charge >= 0.3 is 7.60 Å². The highest BCUT2D eigenvalue weighted by Crippen LogP contribution is 2.64. The number of hydrogen-bond donors (Lipinski definition) is 4. The summed E-state index contributed by atoms with van der Waals surface area (Å²) in [6.45, 7) is 3.52. The minimum absolute atomic E-state index is 0.0187. The van der Waals surface area contributed by atoms with Crippen LogP contribution in [0.5, 0.6) is 11.5 Å². The van der Waals surface area contributed by atoms with Crippen molar-refractivity contribution in [3.05, 3.63) is 72.3 Å². The van der Waals surface area contributed by atoms with Crippen molar-refractivity contribution >= 4 is 7.60 Å². The van der Waals surface area contributed by atoms with Crippen LogP contribution in [0, 0.1) is 0 Å². The third kappa shape index (κ3) is 2.36. The maximum Gasteiger partial charge on any atom is 0.344 e. The van der Waals surface area contributed by atoms with Crippen molar-refractivity contribution in [2.24, 2.45) is 0 Å². The van der Waals surface area contributed by atoms with Crippen LogP contribution < -0.4 is 0 Å². The van der Waals surface area contributed by atoms with E-state index in [-0.39, 0.29) is 22.6 Å². The maximum atomic E-state index is 12.2. The van der Waals surface area contributed by atoms with Crippen LogP contribution in [0.4, 0.5) is 0 Å². The number of benzene rings is 2. The Morgan fingerprint density at radius 1 is 0.905 bits per heavy atom. The SMILES string of the molecule is C=CC(c1ccccc1O)(c1ccccc1O)P(=O)(O)O. The fourth-order valence-electron chi connectivity index (χ4n) is 2.39. The number of phenolic OH excluding ortho intramolecular Hbond substituents is 2. The zero-order chi connectivity index (χ0) is 15.7. The van der Waals surface area contributed by atoms with Crippen LogP contribution in [-0.4, -0.2) is 20.0 Å². The van der Waals surface area contributed by atoms with Gasteiger partial charge in [0, 0.05) is 11.1 Å². The van der Waals surface area contributed by atoms with Gasteiger partial charge in [-0.05, 0) is 12.1 Å². The lowest BCUT2D eigenvalue weighted by Crippen LogP contribution is -2.25.